The molecule has 0 saturated heterocycles. The van der Waals surface area contributed by atoms with Gasteiger partial charge in [0.05, 0.1) is 7.11 Å². The average molecular weight is 284 g/mol. The summed E-state index contributed by atoms with van der Waals surface area (Å²) < 4.78 is 5.28. The Bertz CT molecular complexity index is 594. The van der Waals surface area contributed by atoms with E-state index < -0.39 is 0 Å². The number of para-hydroxylation sites is 1. The second-order valence-corrected chi connectivity index (χ2v) is 4.81. The van der Waals surface area contributed by atoms with Gasteiger partial charge >= 0.3 is 6.03 Å². The van der Waals surface area contributed by atoms with Crippen molar-refractivity contribution in [2.24, 2.45) is 0 Å². The van der Waals surface area contributed by atoms with Gasteiger partial charge < -0.3 is 15.4 Å². The molecular weight excluding hydrogens is 264 g/mol. The molecule has 2 N–H and O–H groups in total. The Balaban J connectivity index is 1.80. The van der Waals surface area contributed by atoms with Gasteiger partial charge in [-0.15, -0.1) is 0 Å². The van der Waals surface area contributed by atoms with Gasteiger partial charge in [-0.25, -0.2) is 4.79 Å². The Labute approximate surface area is 125 Å². The summed E-state index contributed by atoms with van der Waals surface area (Å²) in [5.74, 6) is 0.846. The third-order valence-corrected chi connectivity index (χ3v) is 3.18. The first kappa shape index (κ1) is 14.9. The molecule has 0 aliphatic heterocycles. The number of nitrogens with one attached hydrogen (secondary N) is 2. The minimum absolute atomic E-state index is 0.200. The minimum atomic E-state index is -0.200. The lowest BCUT2D eigenvalue weighted by Gasteiger charge is -2.10. The number of ether oxygens (including phenoxy) is 1. The quantitative estimate of drug-likeness (QED) is 0.884. The van der Waals surface area contributed by atoms with Crippen LogP contribution in [0.4, 0.5) is 10.5 Å². The fourth-order valence-corrected chi connectivity index (χ4v) is 2.03. The average Bonchev–Trinajstić information content (AvgIpc) is 2.50. The van der Waals surface area contributed by atoms with E-state index in [-0.39, 0.29) is 6.03 Å². The maximum absolute atomic E-state index is 11.8. The first-order valence-corrected chi connectivity index (χ1v) is 6.92. The zero-order valence-electron chi connectivity index (χ0n) is 12.3. The maximum atomic E-state index is 11.8. The predicted octanol–water partition coefficient (Wildman–Crippen LogP) is 3.37. The minimum Gasteiger partial charge on any atom is -0.496 e. The number of carbonyl (C=O) groups excluding carboxylic acids is 1. The normalized spacial score (nSPS) is 10.0. The molecule has 0 spiro atoms. The fourth-order valence-electron chi connectivity index (χ4n) is 2.03. The van der Waals surface area contributed by atoms with Crippen LogP contribution in [0.15, 0.2) is 48.5 Å². The summed E-state index contributed by atoms with van der Waals surface area (Å²) in [5, 5.41) is 5.64. The van der Waals surface area contributed by atoms with E-state index in [1.807, 2.05) is 55.5 Å². The van der Waals surface area contributed by atoms with Gasteiger partial charge in [-0.3, -0.25) is 0 Å². The molecule has 0 radical (unpaired) electrons. The van der Waals surface area contributed by atoms with Crippen LogP contribution in [0.1, 0.15) is 11.1 Å². The molecule has 0 saturated carbocycles. The van der Waals surface area contributed by atoms with E-state index in [4.69, 9.17) is 4.74 Å². The van der Waals surface area contributed by atoms with E-state index >= 15 is 0 Å². The van der Waals surface area contributed by atoms with Gasteiger partial charge in [0, 0.05) is 12.2 Å². The highest BCUT2D eigenvalue weighted by Gasteiger charge is 2.04. The number of hydrogen-bond acceptors (Lipinski definition) is 2. The van der Waals surface area contributed by atoms with Gasteiger partial charge in [-0.05, 0) is 37.1 Å². The van der Waals surface area contributed by atoms with Crippen LogP contribution in [0.2, 0.25) is 0 Å². The van der Waals surface area contributed by atoms with Crippen LogP contribution in [-0.2, 0) is 6.42 Å². The van der Waals surface area contributed by atoms with E-state index in [2.05, 4.69) is 10.6 Å². The Morgan fingerprint density at radius 1 is 1.10 bits per heavy atom. The molecule has 0 fully saturated rings. The van der Waals surface area contributed by atoms with Gasteiger partial charge in [0.2, 0.25) is 0 Å². The molecule has 2 amide bonds. The van der Waals surface area contributed by atoms with Crippen LogP contribution in [0.5, 0.6) is 5.75 Å². The zero-order chi connectivity index (χ0) is 15.1. The molecule has 2 aromatic carbocycles. The van der Waals surface area contributed by atoms with E-state index in [0.717, 1.165) is 29.0 Å². The highest BCUT2D eigenvalue weighted by molar-refractivity contribution is 5.89. The number of benzene rings is 2. The van der Waals surface area contributed by atoms with Crippen molar-refractivity contribution in [3.8, 4) is 5.75 Å². The summed E-state index contributed by atoms with van der Waals surface area (Å²) in [6, 6.07) is 15.3. The van der Waals surface area contributed by atoms with Gasteiger partial charge in [0.25, 0.3) is 0 Å². The molecule has 4 nitrogen and oxygen atoms in total. The summed E-state index contributed by atoms with van der Waals surface area (Å²) in [6.07, 6.45) is 0.728. The molecule has 0 aliphatic carbocycles. The van der Waals surface area contributed by atoms with Crippen molar-refractivity contribution >= 4 is 11.7 Å². The predicted molar refractivity (Wildman–Crippen MR) is 84.9 cm³/mol. The Morgan fingerprint density at radius 3 is 2.52 bits per heavy atom. The summed E-state index contributed by atoms with van der Waals surface area (Å²) in [6.45, 7) is 2.56. The van der Waals surface area contributed by atoms with Crippen LogP contribution in [0.25, 0.3) is 0 Å². The summed E-state index contributed by atoms with van der Waals surface area (Å²) in [7, 11) is 1.65. The first-order valence-electron chi connectivity index (χ1n) is 6.92. The SMILES string of the molecule is COc1ccccc1CCNC(=O)Nc1ccc(C)cc1. The Kier molecular flexibility index (Phi) is 5.21. The van der Waals surface area contributed by atoms with Gasteiger partial charge in [0.1, 0.15) is 5.75 Å². The number of hydrogen-bond donors (Lipinski definition) is 2. The number of amides is 2. The van der Waals surface area contributed by atoms with Crippen LogP contribution in [0.3, 0.4) is 0 Å². The van der Waals surface area contributed by atoms with Gasteiger partial charge in [0.15, 0.2) is 0 Å². The van der Waals surface area contributed by atoms with Gasteiger partial charge in [-0.2, -0.15) is 0 Å². The number of methoxy groups -OCH3 is 1. The summed E-state index contributed by atoms with van der Waals surface area (Å²) >= 11 is 0. The standard InChI is InChI=1S/C17H20N2O2/c1-13-7-9-15(10-8-13)19-17(20)18-12-11-14-5-3-4-6-16(14)21-2/h3-10H,11-12H2,1-2H3,(H2,18,19,20). The summed E-state index contributed by atoms with van der Waals surface area (Å²) in [4.78, 5) is 11.8. The van der Waals surface area contributed by atoms with Crippen molar-refractivity contribution in [3.05, 3.63) is 59.7 Å². The lowest BCUT2D eigenvalue weighted by Crippen LogP contribution is -2.30. The Hall–Kier alpha value is -2.49. The van der Waals surface area contributed by atoms with Gasteiger partial charge in [-0.1, -0.05) is 35.9 Å². The molecule has 4 heteroatoms. The third-order valence-electron chi connectivity index (χ3n) is 3.18. The van der Waals surface area contributed by atoms with E-state index in [1.54, 1.807) is 7.11 Å². The third kappa shape index (κ3) is 4.53. The smallest absolute Gasteiger partial charge is 0.319 e. The molecule has 0 unspecified atom stereocenters. The largest absolute Gasteiger partial charge is 0.496 e. The van der Waals surface area contributed by atoms with Crippen molar-refractivity contribution in [2.45, 2.75) is 13.3 Å². The fraction of sp³-hybridized carbons (Fsp3) is 0.235. The monoisotopic (exact) mass is 284 g/mol. The van der Waals surface area contributed by atoms with Crippen LogP contribution < -0.4 is 15.4 Å². The second kappa shape index (κ2) is 7.33. The van der Waals surface area contributed by atoms with E-state index in [9.17, 15) is 4.79 Å². The van der Waals surface area contributed by atoms with Crippen molar-refractivity contribution in [1.29, 1.82) is 0 Å². The summed E-state index contributed by atoms with van der Waals surface area (Å²) in [5.41, 5.74) is 3.03. The topological polar surface area (TPSA) is 50.4 Å². The van der Waals surface area contributed by atoms with Crippen molar-refractivity contribution < 1.29 is 9.53 Å². The number of rotatable bonds is 5. The zero-order valence-corrected chi connectivity index (χ0v) is 12.3. The number of urea groups is 1. The van der Waals surface area contributed by atoms with E-state index in [0.29, 0.717) is 6.54 Å². The lowest BCUT2D eigenvalue weighted by molar-refractivity contribution is 0.252. The molecular formula is C17H20N2O2. The number of aryl methyl sites for hydroxylation is 1. The molecule has 2 aromatic rings. The second-order valence-electron chi connectivity index (χ2n) is 4.81. The van der Waals surface area contributed by atoms with Crippen molar-refractivity contribution in [3.63, 3.8) is 0 Å². The van der Waals surface area contributed by atoms with E-state index in [1.165, 1.54) is 0 Å². The highest BCUT2D eigenvalue weighted by atomic mass is 16.5. The number of carbonyl (C=O) groups is 1. The molecule has 0 aliphatic rings. The van der Waals surface area contributed by atoms with Crippen LogP contribution >= 0.6 is 0 Å². The Morgan fingerprint density at radius 2 is 1.81 bits per heavy atom. The van der Waals surface area contributed by atoms with Crippen molar-refractivity contribution in [1.82, 2.24) is 5.32 Å². The molecule has 110 valence electrons. The first-order chi connectivity index (χ1) is 10.2. The van der Waals surface area contributed by atoms with Crippen LogP contribution in [0, 0.1) is 6.92 Å². The highest BCUT2D eigenvalue weighted by Crippen LogP contribution is 2.17. The molecule has 21 heavy (non-hydrogen) atoms. The molecule has 0 aromatic heterocycles. The van der Waals surface area contributed by atoms with Crippen molar-refractivity contribution in [2.75, 3.05) is 19.0 Å². The number of anilines is 1. The molecule has 0 heterocycles. The molecule has 0 atom stereocenters. The molecule has 0 bridgehead atoms. The molecule has 2 rings (SSSR count). The lowest BCUT2D eigenvalue weighted by atomic mass is 10.1. The van der Waals surface area contributed by atoms with Crippen LogP contribution in [-0.4, -0.2) is 19.7 Å². The maximum Gasteiger partial charge on any atom is 0.319 e.